The minimum Gasteiger partial charge on any atom is -0.467 e. The zero-order valence-electron chi connectivity index (χ0n) is 48.7. The average Bonchev–Trinajstić information content (AvgIpc) is 2.43. The van der Waals surface area contributed by atoms with Gasteiger partial charge in [-0.3, -0.25) is 9.68 Å². The minimum absolute atomic E-state index is 0.0384. The summed E-state index contributed by atoms with van der Waals surface area (Å²) in [6.45, 7) is 9.47. The number of nitrogens with one attached hydrogen (secondary N) is 5. The van der Waals surface area contributed by atoms with Gasteiger partial charge in [0, 0.05) is 0 Å². The molecular weight excluding hydrogens is 1140 g/mol. The molecular formula is C58H78N10O15S2. The lowest BCUT2D eigenvalue weighted by Gasteiger charge is -2.31. The number of aldehydes is 1. The van der Waals surface area contributed by atoms with Crippen LogP contribution in [0.3, 0.4) is 0 Å². The lowest BCUT2D eigenvalue weighted by atomic mass is 10.0. The van der Waals surface area contributed by atoms with Crippen molar-refractivity contribution < 1.29 is 70.1 Å². The maximum absolute atomic E-state index is 14.1. The van der Waals surface area contributed by atoms with Crippen LogP contribution in [0.2, 0.25) is 0 Å². The fraction of sp³-hybridized carbons (Fsp3) is 0.483. The predicted octanol–water partition coefficient (Wildman–Crippen LogP) is 6.58. The molecule has 5 atom stereocenters. The number of nitrogens with two attached hydrogens (primary N) is 1. The monoisotopic (exact) mass is 1220 g/mol. The number of alkyl carbamates (subject to hydrolysis) is 2. The number of ether oxygens (including phenoxy) is 3. The van der Waals surface area contributed by atoms with E-state index in [1.54, 1.807) is 47.6 Å². The molecule has 0 bridgehead atoms. The molecule has 4 aromatic carbocycles. The first-order valence-electron chi connectivity index (χ1n) is 28.1. The molecule has 27 heteroatoms. The summed E-state index contributed by atoms with van der Waals surface area (Å²) in [6.07, 6.45) is 2.28. The van der Waals surface area contributed by atoms with Crippen molar-refractivity contribution in [2.75, 3.05) is 31.2 Å². The fourth-order valence-corrected chi connectivity index (χ4v) is 12.2. The third-order valence-electron chi connectivity index (χ3n) is 13.7. The molecule has 25 nitrogen and oxygen atoms in total. The Morgan fingerprint density at radius 3 is 1.47 bits per heavy atom. The number of anilines is 2. The second-order valence-corrected chi connectivity index (χ2v) is 26.5. The molecule has 0 radical (unpaired) electrons. The van der Waals surface area contributed by atoms with Gasteiger partial charge < -0.3 is 60.9 Å². The van der Waals surface area contributed by atoms with Gasteiger partial charge in [0.05, 0.1) is 88.6 Å². The smallest absolute Gasteiger partial charge is 0.407 e. The lowest BCUT2D eigenvalue weighted by molar-refractivity contribution is -0.145. The van der Waals surface area contributed by atoms with Crippen LogP contribution < -0.4 is 21.7 Å². The molecule has 462 valence electrons. The van der Waals surface area contributed by atoms with E-state index in [4.69, 9.17) is 24.9 Å². The van der Waals surface area contributed by atoms with Crippen LogP contribution in [0.25, 0.3) is 22.1 Å². The average molecular weight is 1220 g/mol. The highest BCUT2D eigenvalue weighted by atomic mass is 32.2. The molecule has 3 unspecified atom stereocenters. The first kappa shape index (κ1) is 65.3. The van der Waals surface area contributed by atoms with Gasteiger partial charge >= 0.3 is 18.2 Å². The Kier molecular flexibility index (Phi) is 22.1. The van der Waals surface area contributed by atoms with E-state index in [1.165, 1.54) is 30.3 Å². The maximum atomic E-state index is 14.1. The van der Waals surface area contributed by atoms with Crippen molar-refractivity contribution in [2.45, 2.75) is 169 Å². The SMILES string of the molecule is CC(C)(C)OC(=O)NC(Cc1ccccc1)C(O)CN(OC1CCCC1)S(=O)(=O)c1ccc2nc(N)[nH]c2c1.COC(=O)C(C=O)Nc1nc2ccc(S(=O)(=O)N(C[C@@H](O)[C@H](Cc3ccccc3)NC(=O)OC(C)(C)C)OC3CCCC3)cc2[nH]1. The summed E-state index contributed by atoms with van der Waals surface area (Å²) in [4.78, 5) is 74.5. The van der Waals surface area contributed by atoms with Crippen molar-refractivity contribution in [1.82, 2.24) is 39.5 Å². The second kappa shape index (κ2) is 28.8. The highest BCUT2D eigenvalue weighted by Gasteiger charge is 2.38. The number of rotatable bonds is 24. The number of hydroxylamine groups is 2. The molecule has 0 spiro atoms. The van der Waals surface area contributed by atoms with Gasteiger partial charge in [0.15, 0.2) is 18.3 Å². The number of methoxy groups -OCH3 is 1. The number of aromatic amines is 2. The van der Waals surface area contributed by atoms with Crippen molar-refractivity contribution in [3.05, 3.63) is 108 Å². The summed E-state index contributed by atoms with van der Waals surface area (Å²) >= 11 is 0. The Balaban J connectivity index is 0.000000247. The Hall–Kier alpha value is -7.24. The number of imidazole rings is 2. The lowest BCUT2D eigenvalue weighted by Crippen LogP contribution is -2.51. The number of hydrogen-bond donors (Lipinski definition) is 8. The van der Waals surface area contributed by atoms with Gasteiger partial charge in [0.25, 0.3) is 20.0 Å². The molecule has 8 rings (SSSR count). The second-order valence-electron chi connectivity index (χ2n) is 22.9. The van der Waals surface area contributed by atoms with Crippen LogP contribution in [0.15, 0.2) is 107 Å². The molecule has 2 fully saturated rings. The van der Waals surface area contributed by atoms with E-state index < -0.39 is 92.8 Å². The van der Waals surface area contributed by atoms with Gasteiger partial charge in [0.1, 0.15) is 11.2 Å². The maximum Gasteiger partial charge on any atom is 0.407 e. The van der Waals surface area contributed by atoms with Crippen LogP contribution in [0.5, 0.6) is 0 Å². The normalized spacial score (nSPS) is 16.3. The standard InChI is InChI=1S/C31H41N5O9S.C27H37N5O6S/c1-31(2,3)44-30(40)35-25(16-20-10-6-5-7-11-20)27(38)18-36(45-21-12-8-9-13-21)46(41,42)22-14-15-23-24(17-22)33-29(32-23)34-26(19-37)28(39)43-4;1-27(2,3)37-26(34)31-23(15-18-9-5-4-6-10-18)24(33)17-32(38-19-11-7-8-12-19)39(35,36)20-13-14-21-22(16-20)30-25(28)29-21/h5-7,10-11,14-15,17,19,21,25-27,38H,8-9,12-13,16,18H2,1-4H3,(H,35,40)(H2,32,33,34);4-6,9-10,13-14,16,19,23-24,33H,7-8,11-12,15,17H2,1-3H3,(H,31,34)(H3,28,29,30)/t25-,26?,27+;/m0./s1. The molecule has 2 aromatic heterocycles. The topological polar surface area (TPSA) is 349 Å². The molecule has 2 aliphatic carbocycles. The van der Waals surface area contributed by atoms with Crippen LogP contribution in [-0.2, 0) is 66.4 Å². The molecule has 2 aliphatic rings. The zero-order valence-corrected chi connectivity index (χ0v) is 50.4. The van der Waals surface area contributed by atoms with Crippen LogP contribution in [-0.4, -0.2) is 154 Å². The van der Waals surface area contributed by atoms with Crippen molar-refractivity contribution in [3.63, 3.8) is 0 Å². The number of aromatic nitrogens is 4. The van der Waals surface area contributed by atoms with Crippen LogP contribution in [0.1, 0.15) is 104 Å². The van der Waals surface area contributed by atoms with Crippen LogP contribution in [0, 0.1) is 0 Å². The summed E-state index contributed by atoms with van der Waals surface area (Å²) in [5.74, 6) is -0.590. The van der Waals surface area contributed by atoms with Crippen molar-refractivity contribution in [3.8, 4) is 0 Å². The van der Waals surface area contributed by atoms with Crippen molar-refractivity contribution in [2.24, 2.45) is 0 Å². The number of aliphatic hydroxyl groups excluding tert-OH is 2. The van der Waals surface area contributed by atoms with Gasteiger partial charge in [0.2, 0.25) is 5.95 Å². The number of nitrogen functional groups attached to an aromatic ring is 1. The molecule has 2 heterocycles. The number of fused-ring (bicyclic) bond motifs is 2. The molecule has 0 saturated heterocycles. The number of benzene rings is 4. The zero-order chi connectivity index (χ0) is 61.7. The van der Waals surface area contributed by atoms with E-state index in [0.717, 1.165) is 52.9 Å². The summed E-state index contributed by atoms with van der Waals surface area (Å²) in [7, 11) is -7.43. The number of carbonyl (C=O) groups is 4. The number of aliphatic hydroxyl groups is 2. The number of H-pyrrole nitrogens is 2. The number of hydrogen-bond acceptors (Lipinski definition) is 19. The van der Waals surface area contributed by atoms with Crippen LogP contribution >= 0.6 is 0 Å². The highest BCUT2D eigenvalue weighted by molar-refractivity contribution is 7.89. The molecule has 0 aliphatic heterocycles. The van der Waals surface area contributed by atoms with Gasteiger partial charge in [-0.25, -0.2) is 41.2 Å². The quantitative estimate of drug-likeness (QED) is 0.0104. The number of nitrogens with zero attached hydrogens (tertiary/aromatic N) is 4. The minimum atomic E-state index is -4.37. The first-order chi connectivity index (χ1) is 40.2. The number of sulfonamides is 2. The Labute approximate surface area is 494 Å². The first-order valence-corrected chi connectivity index (χ1v) is 30.9. The highest BCUT2D eigenvalue weighted by Crippen LogP contribution is 2.30. The summed E-state index contributed by atoms with van der Waals surface area (Å²) < 4.78 is 72.8. The van der Waals surface area contributed by atoms with Gasteiger partial charge in [-0.1, -0.05) is 95.3 Å². The van der Waals surface area contributed by atoms with Crippen molar-refractivity contribution >= 4 is 78.5 Å². The van der Waals surface area contributed by atoms with E-state index in [0.29, 0.717) is 54.0 Å². The summed E-state index contributed by atoms with van der Waals surface area (Å²) in [5, 5.41) is 30.9. The Morgan fingerprint density at radius 2 is 1.07 bits per heavy atom. The summed E-state index contributed by atoms with van der Waals surface area (Å²) in [6, 6.07) is 23.9. The van der Waals surface area contributed by atoms with Crippen LogP contribution in [0.4, 0.5) is 21.5 Å². The summed E-state index contributed by atoms with van der Waals surface area (Å²) in [5.41, 5.74) is 7.51. The van der Waals surface area contributed by atoms with E-state index >= 15 is 0 Å². The molecule has 85 heavy (non-hydrogen) atoms. The van der Waals surface area contributed by atoms with E-state index in [-0.39, 0.29) is 46.7 Å². The van der Waals surface area contributed by atoms with E-state index in [2.05, 4.69) is 40.6 Å². The van der Waals surface area contributed by atoms with Crippen molar-refractivity contribution in [1.29, 1.82) is 0 Å². The van der Waals surface area contributed by atoms with Gasteiger partial charge in [-0.15, -0.1) is 0 Å². The third kappa shape index (κ3) is 18.9. The molecule has 2 saturated carbocycles. The van der Waals surface area contributed by atoms with E-state index in [1.807, 2.05) is 60.7 Å². The third-order valence-corrected chi connectivity index (χ3v) is 16.9. The molecule has 9 N–H and O–H groups in total. The molecule has 2 amide bonds. The molecule has 6 aromatic rings. The Bertz CT molecular complexity index is 3420. The Morgan fingerprint density at radius 1 is 0.659 bits per heavy atom. The number of amides is 2. The number of carbonyl (C=O) groups excluding carboxylic acids is 4. The van der Waals surface area contributed by atoms with Gasteiger partial charge in [-0.2, -0.15) is 0 Å². The fourth-order valence-electron chi connectivity index (χ4n) is 9.54. The van der Waals surface area contributed by atoms with E-state index in [9.17, 15) is 46.2 Å². The van der Waals surface area contributed by atoms with Gasteiger partial charge in [-0.05, 0) is 128 Å². The predicted molar refractivity (Wildman–Crippen MR) is 315 cm³/mol. The largest absolute Gasteiger partial charge is 0.467 e. The number of esters is 1.